The van der Waals surface area contributed by atoms with E-state index in [4.69, 9.17) is 5.84 Å². The van der Waals surface area contributed by atoms with Gasteiger partial charge in [0.15, 0.2) is 0 Å². The van der Waals surface area contributed by atoms with Crippen molar-refractivity contribution in [1.82, 2.24) is 15.6 Å². The lowest BCUT2D eigenvalue weighted by Crippen LogP contribution is -2.22. The first kappa shape index (κ1) is 9.09. The minimum absolute atomic E-state index is 0.652. The van der Waals surface area contributed by atoms with E-state index >= 15 is 0 Å². The first-order valence-electron chi connectivity index (χ1n) is 4.03. The Balaban J connectivity index is 2.95. The molecule has 0 saturated carbocycles. The van der Waals surface area contributed by atoms with Gasteiger partial charge in [0.2, 0.25) is 0 Å². The molecule has 0 fully saturated rings. The average Bonchev–Trinajstić information content (AvgIpc) is 2.05. The average molecular weight is 166 g/mol. The summed E-state index contributed by atoms with van der Waals surface area (Å²) < 4.78 is 0. The van der Waals surface area contributed by atoms with Gasteiger partial charge in [-0.1, -0.05) is 6.92 Å². The van der Waals surface area contributed by atoms with E-state index in [9.17, 15) is 0 Å². The van der Waals surface area contributed by atoms with E-state index in [-0.39, 0.29) is 0 Å². The van der Waals surface area contributed by atoms with Gasteiger partial charge in [-0.15, -0.1) is 0 Å². The molecule has 0 aliphatic heterocycles. The second-order valence-electron chi connectivity index (χ2n) is 2.69. The lowest BCUT2D eigenvalue weighted by atomic mass is 10.1. The zero-order chi connectivity index (χ0) is 8.97. The summed E-state index contributed by atoms with van der Waals surface area (Å²) in [4.78, 5) is 0. The van der Waals surface area contributed by atoms with E-state index in [1.165, 1.54) is 0 Å². The molecular formula is C8H14N4. The fraction of sp³-hybridized carbons (Fsp3) is 0.500. The van der Waals surface area contributed by atoms with Crippen molar-refractivity contribution in [3.05, 3.63) is 23.0 Å². The summed E-state index contributed by atoms with van der Waals surface area (Å²) in [6, 6.07) is 2.01. The van der Waals surface area contributed by atoms with Gasteiger partial charge in [0, 0.05) is 6.54 Å². The molecule has 66 valence electrons. The van der Waals surface area contributed by atoms with Gasteiger partial charge in [0.25, 0.3) is 0 Å². The summed E-state index contributed by atoms with van der Waals surface area (Å²) in [5, 5.41) is 8.04. The molecule has 0 radical (unpaired) electrons. The molecule has 0 aliphatic carbocycles. The summed E-state index contributed by atoms with van der Waals surface area (Å²) in [5.74, 6) is 5.24. The largest absolute Gasteiger partial charge is 0.271 e. The van der Waals surface area contributed by atoms with Crippen molar-refractivity contribution in [2.75, 3.05) is 0 Å². The molecule has 12 heavy (non-hydrogen) atoms. The second-order valence-corrected chi connectivity index (χ2v) is 2.69. The van der Waals surface area contributed by atoms with Gasteiger partial charge >= 0.3 is 0 Å². The van der Waals surface area contributed by atoms with Crippen molar-refractivity contribution in [2.24, 2.45) is 5.84 Å². The van der Waals surface area contributed by atoms with Gasteiger partial charge in [0.1, 0.15) is 0 Å². The summed E-state index contributed by atoms with van der Waals surface area (Å²) in [6.45, 7) is 4.63. The van der Waals surface area contributed by atoms with Crippen LogP contribution in [0.5, 0.6) is 0 Å². The molecule has 1 rings (SSSR count). The van der Waals surface area contributed by atoms with Gasteiger partial charge in [-0.05, 0) is 25.0 Å². The fourth-order valence-electron chi connectivity index (χ4n) is 1.13. The van der Waals surface area contributed by atoms with Crippen LogP contribution in [0.25, 0.3) is 0 Å². The van der Waals surface area contributed by atoms with Crippen LogP contribution in [0.1, 0.15) is 23.9 Å². The van der Waals surface area contributed by atoms with E-state index in [1.807, 2.05) is 13.0 Å². The van der Waals surface area contributed by atoms with Crippen molar-refractivity contribution in [3.8, 4) is 0 Å². The quantitative estimate of drug-likeness (QED) is 0.501. The number of nitrogens with one attached hydrogen (secondary N) is 1. The third-order valence-electron chi connectivity index (χ3n) is 1.71. The van der Waals surface area contributed by atoms with Gasteiger partial charge in [-0.25, -0.2) is 0 Å². The Labute approximate surface area is 72.2 Å². The third kappa shape index (κ3) is 1.99. The molecule has 0 unspecified atom stereocenters. The standard InChI is InChI=1S/C8H14N4/c1-3-8-7(5-10-9)4-6(2)11-12-8/h4,10H,3,5,9H2,1-2H3. The van der Waals surface area contributed by atoms with Crippen molar-refractivity contribution in [3.63, 3.8) is 0 Å². The lowest BCUT2D eigenvalue weighted by Gasteiger charge is -2.05. The van der Waals surface area contributed by atoms with E-state index in [0.717, 1.165) is 23.4 Å². The third-order valence-corrected chi connectivity index (χ3v) is 1.71. The number of rotatable bonds is 3. The van der Waals surface area contributed by atoms with Crippen molar-refractivity contribution in [2.45, 2.75) is 26.8 Å². The van der Waals surface area contributed by atoms with Gasteiger partial charge in [0.05, 0.1) is 11.4 Å². The molecule has 1 aromatic heterocycles. The summed E-state index contributed by atoms with van der Waals surface area (Å²) in [6.07, 6.45) is 0.893. The Morgan fingerprint density at radius 2 is 2.25 bits per heavy atom. The topological polar surface area (TPSA) is 63.8 Å². The van der Waals surface area contributed by atoms with Crippen LogP contribution in [-0.2, 0) is 13.0 Å². The van der Waals surface area contributed by atoms with Gasteiger partial charge in [-0.2, -0.15) is 10.2 Å². The Bertz CT molecular complexity index is 259. The predicted octanol–water partition coefficient (Wildman–Crippen LogP) is 0.311. The monoisotopic (exact) mass is 166 g/mol. The highest BCUT2D eigenvalue weighted by molar-refractivity contribution is 5.20. The van der Waals surface area contributed by atoms with Crippen LogP contribution in [0.3, 0.4) is 0 Å². The molecule has 4 nitrogen and oxygen atoms in total. The van der Waals surface area contributed by atoms with Crippen LogP contribution in [-0.4, -0.2) is 10.2 Å². The van der Waals surface area contributed by atoms with Crippen molar-refractivity contribution < 1.29 is 0 Å². The Hall–Kier alpha value is -1.00. The smallest absolute Gasteiger partial charge is 0.0673 e. The summed E-state index contributed by atoms with van der Waals surface area (Å²) in [5.41, 5.74) is 5.69. The lowest BCUT2D eigenvalue weighted by molar-refractivity contribution is 0.717. The highest BCUT2D eigenvalue weighted by atomic mass is 15.2. The molecule has 0 aromatic carbocycles. The molecule has 0 bridgehead atoms. The molecule has 0 amide bonds. The SMILES string of the molecule is CCc1nnc(C)cc1CNN. The maximum absolute atomic E-state index is 5.24. The van der Waals surface area contributed by atoms with Crippen LogP contribution in [0.15, 0.2) is 6.07 Å². The van der Waals surface area contributed by atoms with Crippen LogP contribution < -0.4 is 11.3 Å². The van der Waals surface area contributed by atoms with Crippen molar-refractivity contribution in [1.29, 1.82) is 0 Å². The number of nitrogens with zero attached hydrogens (tertiary/aromatic N) is 2. The Kier molecular flexibility index (Phi) is 3.13. The second kappa shape index (κ2) is 4.13. The van der Waals surface area contributed by atoms with Crippen molar-refractivity contribution >= 4 is 0 Å². The highest BCUT2D eigenvalue weighted by Crippen LogP contribution is 2.06. The zero-order valence-corrected chi connectivity index (χ0v) is 7.46. The minimum atomic E-state index is 0.652. The predicted molar refractivity (Wildman–Crippen MR) is 47.2 cm³/mol. The van der Waals surface area contributed by atoms with Crippen LogP contribution in [0, 0.1) is 6.92 Å². The molecule has 3 N–H and O–H groups in total. The molecule has 0 spiro atoms. The number of aryl methyl sites for hydroxylation is 2. The van der Waals surface area contributed by atoms with Crippen LogP contribution in [0.2, 0.25) is 0 Å². The van der Waals surface area contributed by atoms with E-state index in [0.29, 0.717) is 6.54 Å². The van der Waals surface area contributed by atoms with E-state index < -0.39 is 0 Å². The zero-order valence-electron chi connectivity index (χ0n) is 7.46. The van der Waals surface area contributed by atoms with Crippen LogP contribution >= 0.6 is 0 Å². The number of hydrogen-bond acceptors (Lipinski definition) is 4. The molecule has 1 heterocycles. The van der Waals surface area contributed by atoms with Gasteiger partial charge < -0.3 is 0 Å². The highest BCUT2D eigenvalue weighted by Gasteiger charge is 2.01. The molecule has 0 aliphatic rings. The van der Waals surface area contributed by atoms with E-state index in [2.05, 4.69) is 22.5 Å². The van der Waals surface area contributed by atoms with E-state index in [1.54, 1.807) is 0 Å². The Morgan fingerprint density at radius 1 is 1.50 bits per heavy atom. The minimum Gasteiger partial charge on any atom is -0.271 e. The summed E-state index contributed by atoms with van der Waals surface area (Å²) >= 11 is 0. The maximum Gasteiger partial charge on any atom is 0.0673 e. The molecular weight excluding hydrogens is 152 g/mol. The normalized spacial score (nSPS) is 10.2. The molecule has 0 saturated heterocycles. The number of aromatic nitrogens is 2. The summed E-state index contributed by atoms with van der Waals surface area (Å²) in [7, 11) is 0. The first-order chi connectivity index (χ1) is 5.77. The molecule has 0 atom stereocenters. The molecule has 4 heteroatoms. The fourth-order valence-corrected chi connectivity index (χ4v) is 1.13. The van der Waals surface area contributed by atoms with Crippen LogP contribution in [0.4, 0.5) is 0 Å². The molecule has 1 aromatic rings. The van der Waals surface area contributed by atoms with Gasteiger partial charge in [-0.3, -0.25) is 11.3 Å². The number of nitrogens with two attached hydrogens (primary N) is 1. The number of hydrogen-bond donors (Lipinski definition) is 2. The number of hydrazine groups is 1. The maximum atomic E-state index is 5.24. The first-order valence-corrected chi connectivity index (χ1v) is 4.03. The Morgan fingerprint density at radius 3 is 2.83 bits per heavy atom.